The summed E-state index contributed by atoms with van der Waals surface area (Å²) in [5.41, 5.74) is 0. The Morgan fingerprint density at radius 3 is 2.29 bits per heavy atom. The summed E-state index contributed by atoms with van der Waals surface area (Å²) in [7, 11) is 4.18. The van der Waals surface area contributed by atoms with E-state index in [1.165, 1.54) is 84.3 Å². The van der Waals surface area contributed by atoms with E-state index in [0.717, 1.165) is 43.5 Å². The molecule has 2 aliphatic heterocycles. The highest BCUT2D eigenvalue weighted by Crippen LogP contribution is 2.32. The zero-order valence-electron chi connectivity index (χ0n) is 20.7. The fraction of sp³-hybridized carbons (Fsp3) is 0.958. The molecule has 31 heavy (non-hydrogen) atoms. The van der Waals surface area contributed by atoms with Crippen molar-refractivity contribution in [1.82, 2.24) is 24.9 Å². The number of nitrogens with one attached hydrogen (secondary N) is 1. The Morgan fingerprint density at radius 1 is 0.935 bits per heavy atom. The first-order chi connectivity index (χ1) is 14.6. The van der Waals surface area contributed by atoms with Crippen LogP contribution in [0.5, 0.6) is 0 Å². The molecule has 1 N–H and O–H groups in total. The molecule has 0 unspecified atom stereocenters. The summed E-state index contributed by atoms with van der Waals surface area (Å²) in [6.45, 7) is 16.5. The fourth-order valence-corrected chi connectivity index (χ4v) is 5.59. The van der Waals surface area contributed by atoms with E-state index < -0.39 is 0 Å². The molecule has 0 aromatic carbocycles. The van der Waals surface area contributed by atoms with Gasteiger partial charge in [0.2, 0.25) is 0 Å². The van der Waals surface area contributed by atoms with Crippen LogP contribution in [-0.4, -0.2) is 111 Å². The molecule has 0 atom stereocenters. The summed E-state index contributed by atoms with van der Waals surface area (Å²) in [5, 5.41) is 3.64. The molecule has 0 bridgehead atoms. The summed E-state index contributed by atoms with van der Waals surface area (Å²) in [6, 6.07) is 0.824. The molecule has 1 saturated carbocycles. The van der Waals surface area contributed by atoms with Crippen LogP contribution in [0.2, 0.25) is 0 Å². The maximum atomic E-state index is 4.58. The Morgan fingerprint density at radius 2 is 1.65 bits per heavy atom. The second-order valence-corrected chi connectivity index (χ2v) is 10.2. The summed E-state index contributed by atoms with van der Waals surface area (Å²) in [4.78, 5) is 14.9. The van der Waals surface area contributed by atoms with Crippen LogP contribution in [0, 0.1) is 11.8 Å². The predicted molar refractivity (Wildman–Crippen MR) is 144 cm³/mol. The number of hydrogen-bond donors (Lipinski definition) is 1. The first-order valence-corrected chi connectivity index (χ1v) is 12.7. The van der Waals surface area contributed by atoms with Gasteiger partial charge in [-0.25, -0.2) is 0 Å². The first-order valence-electron chi connectivity index (χ1n) is 12.7. The van der Waals surface area contributed by atoms with E-state index in [-0.39, 0.29) is 24.0 Å². The van der Waals surface area contributed by atoms with E-state index in [9.17, 15) is 0 Å². The highest BCUT2D eigenvalue weighted by atomic mass is 127. The number of likely N-dealkylation sites (N-methyl/N-ethyl adjacent to an activating group) is 1. The van der Waals surface area contributed by atoms with Crippen molar-refractivity contribution in [3.05, 3.63) is 0 Å². The molecule has 2 heterocycles. The fourth-order valence-electron chi connectivity index (χ4n) is 5.59. The molecule has 3 aliphatic rings. The Balaban J connectivity index is 0.00000341. The lowest BCUT2D eigenvalue weighted by Gasteiger charge is -2.43. The molecule has 3 rings (SSSR count). The van der Waals surface area contributed by atoms with E-state index >= 15 is 0 Å². The van der Waals surface area contributed by atoms with Crippen molar-refractivity contribution in [2.24, 2.45) is 16.8 Å². The minimum atomic E-state index is 0. The minimum Gasteiger partial charge on any atom is -0.356 e. The molecule has 0 aromatic heterocycles. The molecule has 0 radical (unpaired) electrons. The Hall–Kier alpha value is -0.120. The van der Waals surface area contributed by atoms with Crippen LogP contribution in [0.3, 0.4) is 0 Å². The van der Waals surface area contributed by atoms with Gasteiger partial charge in [-0.3, -0.25) is 9.89 Å². The van der Waals surface area contributed by atoms with Crippen LogP contribution in [0.25, 0.3) is 0 Å². The van der Waals surface area contributed by atoms with Crippen molar-refractivity contribution in [1.29, 1.82) is 0 Å². The molecule has 0 amide bonds. The van der Waals surface area contributed by atoms with Gasteiger partial charge in [-0.05, 0) is 77.0 Å². The van der Waals surface area contributed by atoms with E-state index in [2.05, 4.69) is 50.8 Å². The van der Waals surface area contributed by atoms with E-state index in [4.69, 9.17) is 0 Å². The van der Waals surface area contributed by atoms with E-state index in [0.29, 0.717) is 0 Å². The monoisotopic (exact) mass is 548 g/mol. The van der Waals surface area contributed by atoms with Crippen LogP contribution >= 0.6 is 24.0 Å². The molecule has 1 aliphatic carbocycles. The largest absolute Gasteiger partial charge is 0.356 e. The lowest BCUT2D eigenvalue weighted by Crippen LogP contribution is -2.55. The molecule has 0 spiro atoms. The Bertz CT molecular complexity index is 512. The molecular weight excluding hydrogens is 499 g/mol. The van der Waals surface area contributed by atoms with Crippen LogP contribution in [0.1, 0.15) is 52.4 Å². The summed E-state index contributed by atoms with van der Waals surface area (Å²) in [6.07, 6.45) is 8.17. The van der Waals surface area contributed by atoms with Crippen molar-refractivity contribution in [3.8, 4) is 0 Å². The van der Waals surface area contributed by atoms with Crippen molar-refractivity contribution < 1.29 is 0 Å². The lowest BCUT2D eigenvalue weighted by molar-refractivity contribution is 0.0864. The van der Waals surface area contributed by atoms with Gasteiger partial charge in [-0.2, -0.15) is 0 Å². The minimum absolute atomic E-state index is 0. The predicted octanol–water partition coefficient (Wildman–Crippen LogP) is 3.04. The Kier molecular flexibility index (Phi) is 12.4. The van der Waals surface area contributed by atoms with Crippen molar-refractivity contribution >= 4 is 29.9 Å². The number of halogens is 1. The molecule has 7 heteroatoms. The standard InChI is InChI=1S/C24H48N6.HI/c1-21(2)22-7-9-23(10-8-22)29-17-19-30(20-18-29)24(25-3)26-11-5-13-28-14-6-12-27(4)15-16-28;/h21-23H,5-20H2,1-4H3,(H,25,26);1H. The maximum Gasteiger partial charge on any atom is 0.193 e. The quantitative estimate of drug-likeness (QED) is 0.239. The number of rotatable bonds is 6. The van der Waals surface area contributed by atoms with Gasteiger partial charge in [-0.1, -0.05) is 13.8 Å². The highest BCUT2D eigenvalue weighted by Gasteiger charge is 2.29. The van der Waals surface area contributed by atoms with Crippen molar-refractivity contribution in [2.45, 2.75) is 58.4 Å². The third-order valence-corrected chi connectivity index (χ3v) is 7.77. The second-order valence-electron chi connectivity index (χ2n) is 10.2. The smallest absolute Gasteiger partial charge is 0.193 e. The third-order valence-electron chi connectivity index (χ3n) is 7.77. The van der Waals surface area contributed by atoms with Crippen LogP contribution < -0.4 is 5.32 Å². The van der Waals surface area contributed by atoms with Crippen molar-refractivity contribution in [3.63, 3.8) is 0 Å². The number of hydrogen-bond acceptors (Lipinski definition) is 4. The lowest BCUT2D eigenvalue weighted by atomic mass is 9.79. The molecule has 0 aromatic rings. The molecule has 182 valence electrons. The molecule has 6 nitrogen and oxygen atoms in total. The van der Waals surface area contributed by atoms with Crippen LogP contribution in [-0.2, 0) is 0 Å². The third kappa shape index (κ3) is 8.63. The number of aliphatic imine (C=N–C) groups is 1. The zero-order valence-corrected chi connectivity index (χ0v) is 23.0. The van der Waals surface area contributed by atoms with Gasteiger partial charge >= 0.3 is 0 Å². The van der Waals surface area contributed by atoms with Gasteiger partial charge in [0, 0.05) is 58.9 Å². The number of piperazine rings is 1. The summed E-state index contributed by atoms with van der Waals surface area (Å²) < 4.78 is 0. The van der Waals surface area contributed by atoms with E-state index in [1.807, 2.05) is 7.05 Å². The van der Waals surface area contributed by atoms with Crippen LogP contribution in [0.4, 0.5) is 0 Å². The summed E-state index contributed by atoms with van der Waals surface area (Å²) in [5.74, 6) is 2.92. The SMILES string of the molecule is CN=C(NCCCN1CCCN(C)CC1)N1CCN(C2CCC(C(C)C)CC2)CC1.I. The average molecular weight is 549 g/mol. The Labute approximate surface area is 209 Å². The molecular formula is C24H49IN6. The number of guanidine groups is 1. The molecule has 2 saturated heterocycles. The average Bonchev–Trinajstić information content (AvgIpc) is 2.98. The normalized spacial score (nSPS) is 27.8. The van der Waals surface area contributed by atoms with Gasteiger partial charge in [0.25, 0.3) is 0 Å². The van der Waals surface area contributed by atoms with Crippen molar-refractivity contribution in [2.75, 3.05) is 79.5 Å². The van der Waals surface area contributed by atoms with Gasteiger partial charge in [0.15, 0.2) is 5.96 Å². The summed E-state index contributed by atoms with van der Waals surface area (Å²) >= 11 is 0. The van der Waals surface area contributed by atoms with Gasteiger partial charge in [0.1, 0.15) is 0 Å². The number of nitrogens with zero attached hydrogens (tertiary/aromatic N) is 5. The van der Waals surface area contributed by atoms with Gasteiger partial charge in [-0.15, -0.1) is 24.0 Å². The highest BCUT2D eigenvalue weighted by molar-refractivity contribution is 14.0. The second kappa shape index (κ2) is 14.2. The maximum absolute atomic E-state index is 4.58. The van der Waals surface area contributed by atoms with E-state index in [1.54, 1.807) is 0 Å². The first kappa shape index (κ1) is 27.1. The molecule has 3 fully saturated rings. The zero-order chi connectivity index (χ0) is 21.3. The van der Waals surface area contributed by atoms with Gasteiger partial charge in [0.05, 0.1) is 0 Å². The van der Waals surface area contributed by atoms with Gasteiger partial charge < -0.3 is 20.0 Å². The van der Waals surface area contributed by atoms with Crippen LogP contribution in [0.15, 0.2) is 4.99 Å². The topological polar surface area (TPSA) is 37.4 Å².